The van der Waals surface area contributed by atoms with Crippen molar-refractivity contribution in [3.8, 4) is 118 Å². The molecular weight excluding hydrogens is 1290 g/mol. The van der Waals surface area contributed by atoms with Gasteiger partial charge in [-0.05, 0) is 161 Å². The van der Waals surface area contributed by atoms with Crippen LogP contribution in [0.15, 0.2) is 321 Å². The van der Waals surface area contributed by atoms with E-state index in [0.717, 1.165) is 10.8 Å². The second-order valence-electron chi connectivity index (χ2n) is 19.7. The summed E-state index contributed by atoms with van der Waals surface area (Å²) in [6, 6.07) is -4.88. The topological polar surface area (TPSA) is 35.9 Å². The minimum atomic E-state index is -3.00. The summed E-state index contributed by atoms with van der Waals surface area (Å²) in [6.07, 6.45) is 4.32. The van der Waals surface area contributed by atoms with Crippen molar-refractivity contribution in [2.24, 2.45) is 0 Å². The van der Waals surface area contributed by atoms with Gasteiger partial charge in [-0.2, -0.15) is 18.2 Å². The van der Waals surface area contributed by atoms with Crippen LogP contribution in [-0.4, -0.2) is 14.1 Å². The molecule has 0 spiro atoms. The number of hydrogen-bond acceptors (Lipinski definition) is 2. The Labute approximate surface area is 598 Å². The molecule has 0 aliphatic carbocycles. The average molecular weight is 1380 g/mol. The summed E-state index contributed by atoms with van der Waals surface area (Å²) in [6.45, 7) is -3.00. The van der Waals surface area contributed by atoms with Crippen LogP contribution in [-0.2, 0) is 21.1 Å². The Morgan fingerprint density at radius 2 is 0.912 bits per heavy atom. The average Bonchev–Trinajstić information content (AvgIpc) is 0.974. The number of para-hydroxylation sites is 2. The van der Waals surface area contributed by atoms with Crippen molar-refractivity contribution in [3.63, 3.8) is 0 Å². The molecule has 0 fully saturated rings. The number of rotatable bonds is 13. The monoisotopic (exact) mass is 1380 g/mol. The van der Waals surface area contributed by atoms with E-state index in [-0.39, 0.29) is 77.3 Å². The van der Waals surface area contributed by atoms with E-state index in [1.54, 1.807) is 34.9 Å². The molecule has 3 aromatic heterocycles. The normalized spacial score (nSPS) is 17.4. The first-order chi connectivity index (χ1) is 60.7. The van der Waals surface area contributed by atoms with Crippen LogP contribution in [0.2, 0.25) is 0 Å². The third kappa shape index (κ3) is 10.9. The molecule has 0 radical (unpaired) electrons. The maximum Gasteiger partial charge on any atom is 0.268 e. The summed E-state index contributed by atoms with van der Waals surface area (Å²) in [5.41, 5.74) is -12.1. The van der Waals surface area contributed by atoms with Crippen molar-refractivity contribution in [3.05, 3.63) is 345 Å². The molecule has 0 bridgehead atoms. The Morgan fingerprint density at radius 3 is 1.46 bits per heavy atom. The van der Waals surface area contributed by atoms with Crippen molar-refractivity contribution in [1.82, 2.24) is 14.1 Å². The van der Waals surface area contributed by atoms with E-state index < -0.39 is 308 Å². The SMILES string of the molecule is [2H]c1c([2H])c([2H])c(-c2ccc3c(c2)n(-c2[c-]c(Oc4[c-]c5c(cc4)c4ccccc4n5-c4cc(C([2H])([2H])[2H])c(-c5c([2H])c([2H])c([2H])c([2H])c5[2H])cn4)ccc2)[c-][n+]3-c2c(-c3c([2H])c(-c4c([2H])c([2H])c([2H])c([2H])c4[2H])c([2H])c(-c4c([2H])c([2H])c([2H])c([2H])c4[2H])c3[2H])cccc2-c2c([2H])c(-c3c([2H])c([2H])c([2H])c([2H])c3[2H])c([2H])c(-c3c([2H])c([2H])c([2H])c([2H])c3[2H])c2[2H])c([2H])c1[2H].[Pt]. The van der Waals surface area contributed by atoms with Crippen molar-refractivity contribution in [2.75, 3.05) is 0 Å². The van der Waals surface area contributed by atoms with E-state index in [9.17, 15) is 21.9 Å². The van der Waals surface area contributed by atoms with Crippen molar-refractivity contribution in [2.45, 2.75) is 6.85 Å². The van der Waals surface area contributed by atoms with Crippen molar-refractivity contribution >= 4 is 32.8 Å². The number of aromatic nitrogens is 4. The van der Waals surface area contributed by atoms with Crippen LogP contribution in [0.5, 0.6) is 11.5 Å². The Kier molecular flexibility index (Phi) is 7.52. The third-order valence-corrected chi connectivity index (χ3v) is 14.4. The summed E-state index contributed by atoms with van der Waals surface area (Å²) in [5, 5.41) is 1.11. The quantitative estimate of drug-likeness (QED) is 0.0852. The number of benzene rings is 13. The minimum Gasteiger partial charge on any atom is -0.510 e. The third-order valence-electron chi connectivity index (χ3n) is 14.4. The van der Waals surface area contributed by atoms with Crippen LogP contribution in [0.1, 0.15) is 59.0 Å². The number of hydrogen-bond donors (Lipinski definition) is 0. The predicted octanol–water partition coefficient (Wildman–Crippen LogP) is 21.2. The first-order valence-corrected chi connectivity index (χ1v) is 27.2. The second-order valence-corrected chi connectivity index (χ2v) is 19.7. The van der Waals surface area contributed by atoms with Crippen LogP contribution >= 0.6 is 0 Å². The smallest absolute Gasteiger partial charge is 0.268 e. The van der Waals surface area contributed by atoms with Gasteiger partial charge in [-0.3, -0.25) is 4.57 Å². The molecule has 6 heteroatoms. The zero-order valence-corrected chi connectivity index (χ0v) is 48.6. The van der Waals surface area contributed by atoms with Gasteiger partial charge in [0.25, 0.3) is 6.33 Å². The second kappa shape index (κ2) is 24.4. The molecular formula is C85H56N4OPt-2. The Hall–Kier alpha value is -11.2. The number of aryl methyl sites for hydroxylation is 1. The van der Waals surface area contributed by atoms with Crippen LogP contribution in [0.25, 0.3) is 139 Å². The number of nitrogens with zero attached hydrogens (tertiary/aromatic N) is 4. The summed E-state index contributed by atoms with van der Waals surface area (Å²) in [4.78, 5) is 4.66. The molecule has 0 saturated heterocycles. The Morgan fingerprint density at radius 1 is 0.418 bits per heavy atom. The van der Waals surface area contributed by atoms with Gasteiger partial charge in [0.05, 0.1) is 66.1 Å². The van der Waals surface area contributed by atoms with E-state index in [4.69, 9.17) is 36.3 Å². The number of pyridine rings is 1. The first kappa shape index (κ1) is 28.1. The summed E-state index contributed by atoms with van der Waals surface area (Å²) in [5.74, 6) is -0.246. The van der Waals surface area contributed by atoms with E-state index in [1.165, 1.54) is 71.3 Å². The van der Waals surface area contributed by atoms with E-state index >= 15 is 0 Å². The molecule has 13 aromatic carbocycles. The number of imidazole rings is 1. The minimum absolute atomic E-state index is 0. The zero-order valence-electron chi connectivity index (χ0n) is 85.3. The molecule has 16 rings (SSSR count). The molecule has 0 aliphatic heterocycles. The maximum absolute atomic E-state index is 10.5. The van der Waals surface area contributed by atoms with Gasteiger partial charge in [0.15, 0.2) is 0 Å². The maximum atomic E-state index is 10.5. The number of ether oxygens (including phenoxy) is 1. The molecule has 91 heavy (non-hydrogen) atoms. The zero-order chi connectivity index (χ0) is 93.7. The first-order valence-electron chi connectivity index (χ1n) is 46.7. The van der Waals surface area contributed by atoms with Gasteiger partial charge < -0.3 is 13.9 Å². The summed E-state index contributed by atoms with van der Waals surface area (Å²) < 4.78 is 367. The van der Waals surface area contributed by atoms with Crippen LogP contribution < -0.4 is 9.30 Å². The van der Waals surface area contributed by atoms with Gasteiger partial charge in [-0.15, -0.1) is 29.7 Å². The van der Waals surface area contributed by atoms with Gasteiger partial charge in [-0.25, -0.2) is 4.98 Å². The molecule has 16 aromatic rings. The van der Waals surface area contributed by atoms with Gasteiger partial charge in [-0.1, -0.05) is 235 Å². The largest absolute Gasteiger partial charge is 0.510 e. The molecule has 434 valence electrons. The van der Waals surface area contributed by atoms with Gasteiger partial charge in [0, 0.05) is 54.0 Å². The van der Waals surface area contributed by atoms with E-state index in [1.807, 2.05) is 0 Å². The van der Waals surface area contributed by atoms with Crippen LogP contribution in [0.4, 0.5) is 0 Å². The summed E-state index contributed by atoms with van der Waals surface area (Å²) >= 11 is 0. The fourth-order valence-corrected chi connectivity index (χ4v) is 10.5. The van der Waals surface area contributed by atoms with E-state index in [0.29, 0.717) is 16.3 Å². The molecule has 0 amide bonds. The van der Waals surface area contributed by atoms with E-state index in [2.05, 4.69) is 23.4 Å². The molecule has 0 saturated carbocycles. The predicted molar refractivity (Wildman–Crippen MR) is 368 cm³/mol. The molecule has 5 nitrogen and oxygen atoms in total. The Bertz CT molecular complexity index is 7150. The standard InChI is InChI=1S/C85H56N4O.Pt/c1-58-46-84(86-56-79(58)64-34-18-7-19-35-64)89-80-41-21-20-38-77(80)78-44-43-74(55-82(78)89)90-73-37-22-36-72(54-73)87-57-88(81-45-42-65(53-83(81)87)59-24-8-2-9-25-59)85-75(70-49-66(60-26-10-3-11-27-60)47-67(50-70)61-28-12-4-13-29-61)39-23-40-76(85)71-51-68(62-30-14-5-15-31-62)48-69(52-71)63-32-16-6-17-33-63;/h2-53,56H,1H3;/q-2;/i1D3,2D,3D,4D,5D,6D,7D,8D,9D,10D,11D,12D,13D,14D,15D,16D,17D,18D,19D,24D,25D,26D,27D,28D,29D,30D,31D,32D,33D,34D,35D,47D,48D,49D,50D,51D,52D;. The Balaban J connectivity index is 0.0000130. The number of fused-ring (bicyclic) bond motifs is 4. The van der Waals surface area contributed by atoms with Gasteiger partial charge in [0.1, 0.15) is 5.82 Å². The van der Waals surface area contributed by atoms with Crippen molar-refractivity contribution in [1.29, 1.82) is 0 Å². The van der Waals surface area contributed by atoms with Gasteiger partial charge >= 0.3 is 0 Å². The van der Waals surface area contributed by atoms with Crippen LogP contribution in [0.3, 0.4) is 0 Å². The molecule has 0 N–H and O–H groups in total. The fourth-order valence-electron chi connectivity index (χ4n) is 10.5. The molecule has 0 atom stereocenters. The fraction of sp³-hybridized carbons (Fsp3) is 0.0118. The van der Waals surface area contributed by atoms with Gasteiger partial charge in [0.2, 0.25) is 0 Å². The molecule has 0 unspecified atom stereocenters. The molecule has 3 heterocycles. The van der Waals surface area contributed by atoms with Crippen molar-refractivity contribution < 1.29 is 83.8 Å². The summed E-state index contributed by atoms with van der Waals surface area (Å²) in [7, 11) is 0. The van der Waals surface area contributed by atoms with Crippen LogP contribution in [0, 0.1) is 25.3 Å². The molecule has 0 aliphatic rings.